The quantitative estimate of drug-likeness (QED) is 0.868. The van der Waals surface area contributed by atoms with Gasteiger partial charge in [0.15, 0.2) is 0 Å². The molecule has 0 bridgehead atoms. The van der Waals surface area contributed by atoms with Gasteiger partial charge in [0.1, 0.15) is 0 Å². The van der Waals surface area contributed by atoms with Crippen molar-refractivity contribution in [1.82, 2.24) is 0 Å². The Bertz CT molecular complexity index is 396. The van der Waals surface area contributed by atoms with Crippen molar-refractivity contribution in [2.75, 3.05) is 24.5 Å². The predicted octanol–water partition coefficient (Wildman–Crippen LogP) is 2.73. The van der Waals surface area contributed by atoms with Crippen LogP contribution in [0.2, 0.25) is 0 Å². The summed E-state index contributed by atoms with van der Waals surface area (Å²) >= 11 is 0. The summed E-state index contributed by atoms with van der Waals surface area (Å²) in [6, 6.07) is 6.77. The number of hydrogen-bond acceptors (Lipinski definition) is 2. The second-order valence-electron chi connectivity index (χ2n) is 6.00. The van der Waals surface area contributed by atoms with E-state index in [-0.39, 0.29) is 0 Å². The molecule has 1 aromatic rings. The van der Waals surface area contributed by atoms with Crippen LogP contribution in [-0.4, -0.2) is 19.6 Å². The summed E-state index contributed by atoms with van der Waals surface area (Å²) in [7, 11) is 0. The average Bonchev–Trinajstić information content (AvgIpc) is 2.59. The smallest absolute Gasteiger partial charge is 0.0396 e. The maximum atomic E-state index is 5.60. The van der Waals surface area contributed by atoms with Gasteiger partial charge >= 0.3 is 0 Å². The molecule has 1 aliphatic heterocycles. The molecule has 0 radical (unpaired) electrons. The van der Waals surface area contributed by atoms with Crippen molar-refractivity contribution in [3.05, 3.63) is 29.3 Å². The van der Waals surface area contributed by atoms with Crippen LogP contribution in [0.25, 0.3) is 0 Å². The molecule has 1 aromatic carbocycles. The molecule has 0 aliphatic carbocycles. The fraction of sp³-hybridized carbons (Fsp3) is 0.600. The molecule has 0 unspecified atom stereocenters. The Morgan fingerprint density at radius 2 is 2.12 bits per heavy atom. The van der Waals surface area contributed by atoms with Crippen molar-refractivity contribution in [3.63, 3.8) is 0 Å². The summed E-state index contributed by atoms with van der Waals surface area (Å²) in [4.78, 5) is 2.52. The van der Waals surface area contributed by atoms with E-state index in [4.69, 9.17) is 5.73 Å². The minimum Gasteiger partial charge on any atom is -0.371 e. The zero-order chi connectivity index (χ0) is 12.5. The number of nitrogens with two attached hydrogens (primary N) is 1. The Morgan fingerprint density at radius 3 is 2.65 bits per heavy atom. The second-order valence-corrected chi connectivity index (χ2v) is 6.00. The van der Waals surface area contributed by atoms with E-state index >= 15 is 0 Å². The lowest BCUT2D eigenvalue weighted by atomic mass is 9.93. The van der Waals surface area contributed by atoms with Crippen molar-refractivity contribution in [3.8, 4) is 0 Å². The molecule has 2 rings (SSSR count). The molecule has 1 fully saturated rings. The van der Waals surface area contributed by atoms with E-state index in [1.165, 1.54) is 36.3 Å². The third kappa shape index (κ3) is 2.81. The molecule has 0 saturated carbocycles. The third-order valence-corrected chi connectivity index (χ3v) is 3.71. The Balaban J connectivity index is 2.17. The molecule has 1 heterocycles. The molecular weight excluding hydrogens is 208 g/mol. The van der Waals surface area contributed by atoms with Gasteiger partial charge in [-0.1, -0.05) is 26.0 Å². The minimum absolute atomic E-state index is 0.461. The van der Waals surface area contributed by atoms with Gasteiger partial charge in [0.25, 0.3) is 0 Å². The van der Waals surface area contributed by atoms with E-state index in [1.807, 2.05) is 0 Å². The van der Waals surface area contributed by atoms with E-state index < -0.39 is 0 Å². The summed E-state index contributed by atoms with van der Waals surface area (Å²) in [5, 5.41) is 0. The van der Waals surface area contributed by atoms with E-state index in [1.54, 1.807) is 0 Å². The second kappa shape index (κ2) is 4.69. The number of aryl methyl sites for hydroxylation is 1. The largest absolute Gasteiger partial charge is 0.371 e. The van der Waals surface area contributed by atoms with Gasteiger partial charge in [-0.25, -0.2) is 0 Å². The Hall–Kier alpha value is -1.02. The summed E-state index contributed by atoms with van der Waals surface area (Å²) in [6.07, 6.45) is 2.27. The molecule has 1 aliphatic rings. The minimum atomic E-state index is 0.461. The van der Waals surface area contributed by atoms with Crippen LogP contribution in [0.4, 0.5) is 5.69 Å². The van der Waals surface area contributed by atoms with Crippen LogP contribution >= 0.6 is 0 Å². The first-order valence-corrected chi connectivity index (χ1v) is 6.56. The van der Waals surface area contributed by atoms with Crippen molar-refractivity contribution in [2.45, 2.75) is 33.6 Å². The molecule has 0 aromatic heterocycles. The number of rotatable bonds is 3. The SMILES string of the molecule is Cc1cc(CCN)ccc1N1CCC(C)(C)C1. The van der Waals surface area contributed by atoms with Crippen LogP contribution in [0, 0.1) is 12.3 Å². The van der Waals surface area contributed by atoms with Crippen LogP contribution in [0.3, 0.4) is 0 Å². The molecule has 2 N–H and O–H groups in total. The van der Waals surface area contributed by atoms with E-state index in [0.29, 0.717) is 5.41 Å². The Labute approximate surface area is 105 Å². The zero-order valence-electron chi connectivity index (χ0n) is 11.3. The molecule has 2 nitrogen and oxygen atoms in total. The van der Waals surface area contributed by atoms with Crippen molar-refractivity contribution < 1.29 is 0 Å². The summed E-state index contributed by atoms with van der Waals surface area (Å²) in [5.74, 6) is 0. The average molecular weight is 232 g/mol. The van der Waals surface area contributed by atoms with Gasteiger partial charge in [0.2, 0.25) is 0 Å². The first-order chi connectivity index (χ1) is 8.02. The summed E-state index contributed by atoms with van der Waals surface area (Å²) in [6.45, 7) is 10.0. The summed E-state index contributed by atoms with van der Waals surface area (Å²) < 4.78 is 0. The molecule has 0 spiro atoms. The van der Waals surface area contributed by atoms with Gasteiger partial charge in [-0.05, 0) is 48.9 Å². The highest BCUT2D eigenvalue weighted by Gasteiger charge is 2.29. The van der Waals surface area contributed by atoms with E-state index in [2.05, 4.69) is 43.9 Å². The summed E-state index contributed by atoms with van der Waals surface area (Å²) in [5.41, 5.74) is 10.2. The highest BCUT2D eigenvalue weighted by molar-refractivity contribution is 5.55. The van der Waals surface area contributed by atoms with Gasteiger partial charge in [-0.3, -0.25) is 0 Å². The highest BCUT2D eigenvalue weighted by Crippen LogP contribution is 2.34. The molecule has 17 heavy (non-hydrogen) atoms. The molecule has 94 valence electrons. The Kier molecular flexibility index (Phi) is 3.43. The van der Waals surface area contributed by atoms with E-state index in [9.17, 15) is 0 Å². The number of anilines is 1. The number of nitrogens with zero attached hydrogens (tertiary/aromatic N) is 1. The normalized spacial score (nSPS) is 18.7. The monoisotopic (exact) mass is 232 g/mol. The van der Waals surface area contributed by atoms with Gasteiger partial charge in [0.05, 0.1) is 0 Å². The first kappa shape index (κ1) is 12.4. The van der Waals surface area contributed by atoms with Gasteiger partial charge < -0.3 is 10.6 Å². The van der Waals surface area contributed by atoms with Gasteiger partial charge in [-0.15, -0.1) is 0 Å². The Morgan fingerprint density at radius 1 is 1.35 bits per heavy atom. The maximum absolute atomic E-state index is 5.60. The van der Waals surface area contributed by atoms with Crippen molar-refractivity contribution in [2.24, 2.45) is 11.1 Å². The molecule has 1 saturated heterocycles. The fourth-order valence-corrected chi connectivity index (χ4v) is 2.71. The number of hydrogen-bond donors (Lipinski definition) is 1. The standard InChI is InChI=1S/C15H24N2/c1-12-10-13(6-8-16)4-5-14(12)17-9-7-15(2,3)11-17/h4-5,10H,6-9,11,16H2,1-3H3. The molecular formula is C15H24N2. The van der Waals surface area contributed by atoms with Crippen LogP contribution in [0.1, 0.15) is 31.4 Å². The first-order valence-electron chi connectivity index (χ1n) is 6.56. The highest BCUT2D eigenvalue weighted by atomic mass is 15.2. The lowest BCUT2D eigenvalue weighted by Crippen LogP contribution is -2.23. The zero-order valence-corrected chi connectivity index (χ0v) is 11.3. The lowest BCUT2D eigenvalue weighted by Gasteiger charge is -2.23. The molecule has 2 heteroatoms. The van der Waals surface area contributed by atoms with Gasteiger partial charge in [0, 0.05) is 18.8 Å². The topological polar surface area (TPSA) is 29.3 Å². The van der Waals surface area contributed by atoms with Crippen LogP contribution in [-0.2, 0) is 6.42 Å². The van der Waals surface area contributed by atoms with Crippen LogP contribution < -0.4 is 10.6 Å². The van der Waals surface area contributed by atoms with E-state index in [0.717, 1.165) is 13.0 Å². The molecule has 0 amide bonds. The third-order valence-electron chi connectivity index (χ3n) is 3.71. The maximum Gasteiger partial charge on any atom is 0.0396 e. The van der Waals surface area contributed by atoms with Crippen molar-refractivity contribution in [1.29, 1.82) is 0 Å². The number of benzene rings is 1. The lowest BCUT2D eigenvalue weighted by molar-refractivity contribution is 0.418. The fourth-order valence-electron chi connectivity index (χ4n) is 2.71. The predicted molar refractivity (Wildman–Crippen MR) is 74.5 cm³/mol. The van der Waals surface area contributed by atoms with Crippen molar-refractivity contribution >= 4 is 5.69 Å². The van der Waals surface area contributed by atoms with Gasteiger partial charge in [-0.2, -0.15) is 0 Å². The van der Waals surface area contributed by atoms with Crippen LogP contribution in [0.5, 0.6) is 0 Å². The van der Waals surface area contributed by atoms with Crippen LogP contribution in [0.15, 0.2) is 18.2 Å². The molecule has 0 atom stereocenters.